The van der Waals surface area contributed by atoms with E-state index in [0.717, 1.165) is 46.7 Å². The summed E-state index contributed by atoms with van der Waals surface area (Å²) in [4.78, 5) is 15.7. The number of nitrogens with zero attached hydrogens (tertiary/aromatic N) is 3. The molecule has 1 aromatic heterocycles. The number of thiocarbonyl (C=S) groups is 1. The summed E-state index contributed by atoms with van der Waals surface area (Å²) < 4.78 is 8.48. The van der Waals surface area contributed by atoms with Crippen molar-refractivity contribution in [2.75, 3.05) is 13.2 Å². The highest BCUT2D eigenvalue weighted by Gasteiger charge is 2.32. The summed E-state index contributed by atoms with van der Waals surface area (Å²) in [7, 11) is 0. The molecule has 204 valence electrons. The summed E-state index contributed by atoms with van der Waals surface area (Å²) in [6.45, 7) is 7.69. The fraction of sp³-hybridized carbons (Fsp3) is 0.242. The molecule has 0 bridgehead atoms. The number of para-hydroxylation sites is 1. The highest BCUT2D eigenvalue weighted by atomic mass is 32.2. The number of aryl methyl sites for hydroxylation is 1. The maximum absolute atomic E-state index is 13.4. The van der Waals surface area contributed by atoms with Crippen molar-refractivity contribution in [1.29, 1.82) is 0 Å². The van der Waals surface area contributed by atoms with E-state index < -0.39 is 0 Å². The van der Waals surface area contributed by atoms with Crippen LogP contribution in [0.3, 0.4) is 0 Å². The molecule has 2 heterocycles. The average Bonchev–Trinajstić information content (AvgIpc) is 3.49. The summed E-state index contributed by atoms with van der Waals surface area (Å²) in [5.41, 5.74) is 5.81. The van der Waals surface area contributed by atoms with Gasteiger partial charge >= 0.3 is 0 Å². The quantitative estimate of drug-likeness (QED) is 0.145. The van der Waals surface area contributed by atoms with Crippen molar-refractivity contribution in [3.8, 4) is 22.7 Å². The first-order chi connectivity index (χ1) is 19.4. The molecule has 1 amide bonds. The molecule has 40 heavy (non-hydrogen) atoms. The normalized spacial score (nSPS) is 14.5. The first-order valence-corrected chi connectivity index (χ1v) is 14.8. The lowest BCUT2D eigenvalue weighted by Gasteiger charge is -2.14. The molecule has 0 spiro atoms. The lowest BCUT2D eigenvalue weighted by Crippen LogP contribution is -2.30. The van der Waals surface area contributed by atoms with Crippen LogP contribution in [0.1, 0.15) is 37.0 Å². The minimum Gasteiger partial charge on any atom is -0.493 e. The van der Waals surface area contributed by atoms with Crippen molar-refractivity contribution in [3.63, 3.8) is 0 Å². The van der Waals surface area contributed by atoms with Crippen molar-refractivity contribution in [2.24, 2.45) is 5.92 Å². The molecular weight excluding hydrogens is 535 g/mol. The van der Waals surface area contributed by atoms with E-state index in [4.69, 9.17) is 22.1 Å². The van der Waals surface area contributed by atoms with Crippen LogP contribution in [0.5, 0.6) is 5.75 Å². The van der Waals surface area contributed by atoms with Crippen molar-refractivity contribution in [1.82, 2.24) is 14.7 Å². The van der Waals surface area contributed by atoms with E-state index in [1.807, 2.05) is 77.6 Å². The Morgan fingerprint density at radius 3 is 2.45 bits per heavy atom. The molecule has 3 aromatic carbocycles. The molecule has 7 heteroatoms. The second kappa shape index (κ2) is 12.7. The van der Waals surface area contributed by atoms with E-state index in [-0.39, 0.29) is 5.91 Å². The van der Waals surface area contributed by atoms with Crippen LogP contribution < -0.4 is 4.74 Å². The Morgan fingerprint density at radius 2 is 1.75 bits per heavy atom. The third-order valence-corrected chi connectivity index (χ3v) is 8.17. The standard InChI is InChI=1S/C33H33N3O2S2/c1-23(2)17-19-38-29-15-14-26(20-24(29)3)31-27(22-36(34-31)28-12-8-5-9-13-28)21-30-32(37)35(33(39)40-30)18-16-25-10-6-4-7-11-25/h4-15,20-23H,16-19H2,1-3H3/b30-21-. The van der Waals surface area contributed by atoms with Crippen LogP contribution >= 0.6 is 24.0 Å². The van der Waals surface area contributed by atoms with Gasteiger partial charge in [0.2, 0.25) is 0 Å². The molecule has 1 aliphatic rings. The number of hydrogen-bond donors (Lipinski definition) is 0. The molecule has 0 radical (unpaired) electrons. The molecule has 0 unspecified atom stereocenters. The van der Waals surface area contributed by atoms with E-state index in [1.165, 1.54) is 17.3 Å². The van der Waals surface area contributed by atoms with Crippen molar-refractivity contribution < 1.29 is 9.53 Å². The third kappa shape index (κ3) is 6.54. The maximum atomic E-state index is 13.4. The first-order valence-electron chi connectivity index (χ1n) is 13.6. The number of carbonyl (C=O) groups excluding carboxylic acids is 1. The number of hydrogen-bond acceptors (Lipinski definition) is 5. The highest BCUT2D eigenvalue weighted by Crippen LogP contribution is 2.36. The molecule has 1 fully saturated rings. The molecule has 1 aliphatic heterocycles. The van der Waals surface area contributed by atoms with Crippen LogP contribution in [0.25, 0.3) is 23.0 Å². The molecule has 5 nitrogen and oxygen atoms in total. The van der Waals surface area contributed by atoms with Crippen LogP contribution in [-0.4, -0.2) is 38.1 Å². The van der Waals surface area contributed by atoms with Crippen LogP contribution in [-0.2, 0) is 11.2 Å². The lowest BCUT2D eigenvalue weighted by atomic mass is 10.0. The second-order valence-corrected chi connectivity index (χ2v) is 12.0. The fourth-order valence-electron chi connectivity index (χ4n) is 4.51. The third-order valence-electron chi connectivity index (χ3n) is 6.79. The van der Waals surface area contributed by atoms with Gasteiger partial charge in [0.25, 0.3) is 5.91 Å². The largest absolute Gasteiger partial charge is 0.493 e. The summed E-state index contributed by atoms with van der Waals surface area (Å²) in [5, 5.41) is 4.95. The summed E-state index contributed by atoms with van der Waals surface area (Å²) >= 11 is 6.96. The monoisotopic (exact) mass is 567 g/mol. The van der Waals surface area contributed by atoms with E-state index in [0.29, 0.717) is 28.3 Å². The predicted molar refractivity (Wildman–Crippen MR) is 169 cm³/mol. The molecule has 4 aromatic rings. The van der Waals surface area contributed by atoms with Gasteiger partial charge in [0.15, 0.2) is 0 Å². The van der Waals surface area contributed by atoms with Gasteiger partial charge in [0.05, 0.1) is 17.2 Å². The second-order valence-electron chi connectivity index (χ2n) is 10.3. The van der Waals surface area contributed by atoms with Gasteiger partial charge in [-0.3, -0.25) is 9.69 Å². The molecular formula is C33H33N3O2S2. The van der Waals surface area contributed by atoms with Gasteiger partial charge in [-0.1, -0.05) is 86.4 Å². The molecule has 0 N–H and O–H groups in total. The topological polar surface area (TPSA) is 47.4 Å². The predicted octanol–water partition coefficient (Wildman–Crippen LogP) is 7.72. The van der Waals surface area contributed by atoms with E-state index in [2.05, 4.69) is 39.0 Å². The number of ether oxygens (including phenoxy) is 1. The van der Waals surface area contributed by atoms with E-state index in [9.17, 15) is 4.79 Å². The van der Waals surface area contributed by atoms with Crippen LogP contribution in [0, 0.1) is 12.8 Å². The highest BCUT2D eigenvalue weighted by molar-refractivity contribution is 8.26. The molecule has 0 saturated carbocycles. The van der Waals surface area contributed by atoms with E-state index in [1.54, 1.807) is 4.90 Å². The number of aromatic nitrogens is 2. The minimum atomic E-state index is -0.0607. The van der Waals surface area contributed by atoms with Crippen molar-refractivity contribution >= 4 is 40.3 Å². The first kappa shape index (κ1) is 27.9. The Bertz CT molecular complexity index is 1530. The molecule has 0 aliphatic carbocycles. The van der Waals surface area contributed by atoms with Crippen LogP contribution in [0.2, 0.25) is 0 Å². The van der Waals surface area contributed by atoms with Crippen molar-refractivity contribution in [3.05, 3.63) is 107 Å². The van der Waals surface area contributed by atoms with Gasteiger partial charge in [0, 0.05) is 23.9 Å². The Labute approximate surface area is 245 Å². The van der Waals surface area contributed by atoms with Gasteiger partial charge in [-0.15, -0.1) is 0 Å². The molecule has 1 saturated heterocycles. The Morgan fingerprint density at radius 1 is 1.02 bits per heavy atom. The zero-order valence-electron chi connectivity index (χ0n) is 23.0. The molecule has 5 rings (SSSR count). The molecule has 0 atom stereocenters. The van der Waals surface area contributed by atoms with Crippen molar-refractivity contribution in [2.45, 2.75) is 33.6 Å². The zero-order chi connectivity index (χ0) is 28.1. The van der Waals surface area contributed by atoms with E-state index >= 15 is 0 Å². The van der Waals surface area contributed by atoms with Gasteiger partial charge in [-0.05, 0) is 73.2 Å². The Balaban J connectivity index is 1.44. The fourth-order valence-corrected chi connectivity index (χ4v) is 5.81. The van der Waals surface area contributed by atoms with Gasteiger partial charge < -0.3 is 4.74 Å². The van der Waals surface area contributed by atoms with Gasteiger partial charge in [0.1, 0.15) is 15.8 Å². The number of rotatable bonds is 10. The van der Waals surface area contributed by atoms with Crippen LogP contribution in [0.4, 0.5) is 0 Å². The number of carbonyl (C=O) groups is 1. The zero-order valence-corrected chi connectivity index (χ0v) is 24.7. The minimum absolute atomic E-state index is 0.0607. The summed E-state index contributed by atoms with van der Waals surface area (Å²) in [6, 6.07) is 26.3. The lowest BCUT2D eigenvalue weighted by molar-refractivity contribution is -0.122. The Kier molecular flexibility index (Phi) is 8.82. The van der Waals surface area contributed by atoms with Gasteiger partial charge in [-0.25, -0.2) is 4.68 Å². The Hall–Kier alpha value is -3.68. The number of thioether (sulfide) groups is 1. The van der Waals surface area contributed by atoms with Gasteiger partial charge in [-0.2, -0.15) is 5.10 Å². The maximum Gasteiger partial charge on any atom is 0.266 e. The summed E-state index contributed by atoms with van der Waals surface area (Å²) in [6.07, 6.45) is 5.66. The SMILES string of the molecule is Cc1cc(-c2nn(-c3ccccc3)cc2/C=C2\SC(=S)N(CCc3ccccc3)C2=O)ccc1OCCC(C)C. The van der Waals surface area contributed by atoms with Crippen LogP contribution in [0.15, 0.2) is 90.0 Å². The summed E-state index contributed by atoms with van der Waals surface area (Å²) in [5.74, 6) is 1.41. The average molecular weight is 568 g/mol. The smallest absolute Gasteiger partial charge is 0.266 e. The number of benzene rings is 3. The number of amides is 1.